The second kappa shape index (κ2) is 13.4. The van der Waals surface area contributed by atoms with Gasteiger partial charge in [0, 0.05) is 6.42 Å². The van der Waals surface area contributed by atoms with Crippen LogP contribution in [0.2, 0.25) is 0 Å². The van der Waals surface area contributed by atoms with E-state index >= 15 is 0 Å². The van der Waals surface area contributed by atoms with Crippen LogP contribution in [0.15, 0.2) is 91.0 Å². The minimum atomic E-state index is -3.89. The van der Waals surface area contributed by atoms with Crippen molar-refractivity contribution in [2.45, 2.75) is 62.9 Å². The highest BCUT2D eigenvalue weighted by molar-refractivity contribution is 7.86. The third-order valence-corrected chi connectivity index (χ3v) is 7.59. The Kier molecular flexibility index (Phi) is 9.64. The van der Waals surface area contributed by atoms with Crippen LogP contribution in [0.25, 0.3) is 0 Å². The highest BCUT2D eigenvalue weighted by atomic mass is 32.2. The number of benzene rings is 3. The van der Waals surface area contributed by atoms with E-state index in [0.29, 0.717) is 26.1 Å². The summed E-state index contributed by atoms with van der Waals surface area (Å²) in [6.07, 6.45) is -1.03. The van der Waals surface area contributed by atoms with Crippen molar-refractivity contribution in [1.82, 2.24) is 0 Å². The van der Waals surface area contributed by atoms with Gasteiger partial charge < -0.3 is 23.7 Å². The molecule has 3 aromatic rings. The number of hydrogen-bond donors (Lipinski definition) is 0. The van der Waals surface area contributed by atoms with E-state index in [1.807, 2.05) is 91.0 Å². The Morgan fingerprint density at radius 3 is 1.80 bits per heavy atom. The number of hydrogen-bond acceptors (Lipinski definition) is 8. The molecule has 2 fully saturated rings. The summed E-state index contributed by atoms with van der Waals surface area (Å²) in [7, 11) is -3.89. The zero-order valence-electron chi connectivity index (χ0n) is 22.6. The molecule has 8 nitrogen and oxygen atoms in total. The average molecular weight is 569 g/mol. The predicted molar refractivity (Wildman–Crippen MR) is 149 cm³/mol. The van der Waals surface area contributed by atoms with E-state index < -0.39 is 40.3 Å². The summed E-state index contributed by atoms with van der Waals surface area (Å²) in [5, 5.41) is 0. The first kappa shape index (κ1) is 28.9. The van der Waals surface area contributed by atoms with Gasteiger partial charge in [-0.15, -0.1) is 0 Å². The Bertz CT molecular complexity index is 1280. The van der Waals surface area contributed by atoms with Crippen molar-refractivity contribution < 1.29 is 36.3 Å². The predicted octanol–water partition coefficient (Wildman–Crippen LogP) is 4.62. The quantitative estimate of drug-likeness (QED) is 0.293. The molecule has 0 radical (unpaired) electrons. The van der Waals surface area contributed by atoms with Gasteiger partial charge in [0.2, 0.25) is 0 Å². The lowest BCUT2D eigenvalue weighted by molar-refractivity contribution is -0.356. The highest BCUT2D eigenvalue weighted by Crippen LogP contribution is 2.43. The van der Waals surface area contributed by atoms with Gasteiger partial charge in [-0.05, 0) is 23.1 Å². The van der Waals surface area contributed by atoms with Crippen molar-refractivity contribution in [3.05, 3.63) is 108 Å². The van der Waals surface area contributed by atoms with Crippen LogP contribution in [0.5, 0.6) is 0 Å². The monoisotopic (exact) mass is 568 g/mol. The molecule has 0 aromatic heterocycles. The molecule has 2 heterocycles. The van der Waals surface area contributed by atoms with Crippen LogP contribution >= 0.6 is 0 Å². The molecular weight excluding hydrogens is 532 g/mol. The normalized spacial score (nSPS) is 26.7. The summed E-state index contributed by atoms with van der Waals surface area (Å²) in [6.45, 7) is 1.50. The van der Waals surface area contributed by atoms with Crippen LogP contribution in [-0.4, -0.2) is 58.1 Å². The van der Waals surface area contributed by atoms with Crippen LogP contribution in [0.3, 0.4) is 0 Å². The van der Waals surface area contributed by atoms with Crippen LogP contribution < -0.4 is 0 Å². The molecule has 0 saturated carbocycles. The zero-order valence-corrected chi connectivity index (χ0v) is 23.4. The first-order valence-corrected chi connectivity index (χ1v) is 15.4. The van der Waals surface area contributed by atoms with Gasteiger partial charge >= 0.3 is 0 Å². The summed E-state index contributed by atoms with van der Waals surface area (Å²) < 4.78 is 62.5. The Morgan fingerprint density at radius 1 is 0.775 bits per heavy atom. The summed E-state index contributed by atoms with van der Waals surface area (Å²) in [6, 6.07) is 29.3. The average Bonchev–Trinajstić information content (AvgIpc) is 3.43. The van der Waals surface area contributed by atoms with Crippen LogP contribution in [0.1, 0.15) is 29.5 Å². The number of rotatable bonds is 12. The Hall–Kier alpha value is -2.63. The van der Waals surface area contributed by atoms with Crippen molar-refractivity contribution in [3.63, 3.8) is 0 Å². The van der Waals surface area contributed by atoms with Crippen molar-refractivity contribution in [2.75, 3.05) is 19.5 Å². The van der Waals surface area contributed by atoms with E-state index in [-0.39, 0.29) is 19.8 Å². The van der Waals surface area contributed by atoms with Crippen molar-refractivity contribution in [2.24, 2.45) is 0 Å². The maximum absolute atomic E-state index is 12.5. The van der Waals surface area contributed by atoms with Gasteiger partial charge in [0.1, 0.15) is 18.3 Å². The van der Waals surface area contributed by atoms with Crippen LogP contribution in [-0.2, 0) is 57.8 Å². The van der Waals surface area contributed by atoms with Gasteiger partial charge in [-0.25, -0.2) is 0 Å². The fourth-order valence-electron chi connectivity index (χ4n) is 5.21. The van der Waals surface area contributed by atoms with Crippen molar-refractivity contribution in [3.8, 4) is 0 Å². The van der Waals surface area contributed by atoms with Gasteiger partial charge in [0.15, 0.2) is 11.9 Å². The zero-order chi connectivity index (χ0) is 27.8. The van der Waals surface area contributed by atoms with Gasteiger partial charge in [-0.2, -0.15) is 8.42 Å². The minimum absolute atomic E-state index is 0.191. The molecule has 0 bridgehead atoms. The Morgan fingerprint density at radius 2 is 1.30 bits per heavy atom. The van der Waals surface area contributed by atoms with E-state index in [1.165, 1.54) is 0 Å². The molecule has 2 saturated heterocycles. The molecule has 3 aromatic carbocycles. The lowest BCUT2D eigenvalue weighted by atomic mass is 9.90. The van der Waals surface area contributed by atoms with E-state index in [2.05, 4.69) is 0 Å². The molecule has 214 valence electrons. The molecule has 2 aliphatic heterocycles. The molecule has 0 amide bonds. The smallest absolute Gasteiger partial charge is 0.264 e. The Labute approximate surface area is 236 Å². The molecule has 40 heavy (non-hydrogen) atoms. The molecular formula is C31H36O8S. The standard InChI is InChI=1S/C31H36O8S/c1-40(32,33)39-30-29(36-22-26-16-9-4-10-17-26)28(35-21-25-14-7-3-8-15-25)27(38-31(30)18-11-19-37-31)23-34-20-24-12-5-2-6-13-24/h2-10,12-17,27-30H,11,18-23H2,1H3/t27-,28-,29+,30-,31+/m1/s1. The third kappa shape index (κ3) is 7.55. The molecule has 2 aliphatic rings. The summed E-state index contributed by atoms with van der Waals surface area (Å²) in [4.78, 5) is 0. The second-order valence-electron chi connectivity index (χ2n) is 10.2. The molecule has 0 unspecified atom stereocenters. The van der Waals surface area contributed by atoms with E-state index in [1.54, 1.807) is 0 Å². The molecule has 9 heteroatoms. The van der Waals surface area contributed by atoms with Gasteiger partial charge in [-0.1, -0.05) is 91.0 Å². The molecule has 0 aliphatic carbocycles. The lowest BCUT2D eigenvalue weighted by Crippen LogP contribution is -2.67. The van der Waals surface area contributed by atoms with Gasteiger partial charge in [0.05, 0.1) is 39.3 Å². The lowest BCUT2D eigenvalue weighted by Gasteiger charge is -2.50. The van der Waals surface area contributed by atoms with Gasteiger partial charge in [-0.3, -0.25) is 4.18 Å². The fourth-order valence-corrected chi connectivity index (χ4v) is 5.84. The largest absolute Gasteiger partial charge is 0.374 e. The van der Waals surface area contributed by atoms with E-state index in [4.69, 9.17) is 27.9 Å². The van der Waals surface area contributed by atoms with E-state index in [9.17, 15) is 8.42 Å². The maximum Gasteiger partial charge on any atom is 0.264 e. The van der Waals surface area contributed by atoms with Gasteiger partial charge in [0.25, 0.3) is 10.1 Å². The van der Waals surface area contributed by atoms with E-state index in [0.717, 1.165) is 22.9 Å². The topological polar surface area (TPSA) is 89.5 Å². The van der Waals surface area contributed by atoms with Crippen molar-refractivity contribution >= 4 is 10.1 Å². The molecule has 5 rings (SSSR count). The summed E-state index contributed by atoms with van der Waals surface area (Å²) >= 11 is 0. The first-order valence-electron chi connectivity index (χ1n) is 13.5. The summed E-state index contributed by atoms with van der Waals surface area (Å²) in [5.74, 6) is -1.31. The van der Waals surface area contributed by atoms with Crippen LogP contribution in [0.4, 0.5) is 0 Å². The molecule has 0 N–H and O–H groups in total. The highest BCUT2D eigenvalue weighted by Gasteiger charge is 2.60. The molecule has 1 spiro atoms. The molecule has 5 atom stereocenters. The summed E-state index contributed by atoms with van der Waals surface area (Å²) in [5.41, 5.74) is 2.93. The second-order valence-corrected chi connectivity index (χ2v) is 11.8. The Balaban J connectivity index is 1.45. The SMILES string of the molecule is CS(=O)(=O)O[C@@H]1[C@@H](OCc2ccccc2)[C@H](OCc2ccccc2)[C@@H](COCc2ccccc2)O[C@@]12CCCO2. The van der Waals surface area contributed by atoms with Crippen LogP contribution in [0, 0.1) is 0 Å². The van der Waals surface area contributed by atoms with Crippen molar-refractivity contribution in [1.29, 1.82) is 0 Å². The third-order valence-electron chi connectivity index (χ3n) is 7.03. The maximum atomic E-state index is 12.5. The minimum Gasteiger partial charge on any atom is -0.374 e. The number of ether oxygens (including phenoxy) is 5. The fraction of sp³-hybridized carbons (Fsp3) is 0.419. The first-order chi connectivity index (χ1) is 19.4.